The van der Waals surface area contributed by atoms with E-state index < -0.39 is 0 Å². The summed E-state index contributed by atoms with van der Waals surface area (Å²) in [6.45, 7) is 3.53. The highest BCUT2D eigenvalue weighted by molar-refractivity contribution is 6.36. The average molecular weight is 456 g/mol. The first-order valence-corrected chi connectivity index (χ1v) is 12.3. The van der Waals surface area contributed by atoms with Crippen molar-refractivity contribution in [1.29, 1.82) is 0 Å². The molecule has 1 aliphatic carbocycles. The molecule has 2 fully saturated rings. The van der Waals surface area contributed by atoms with E-state index in [1.807, 2.05) is 34.9 Å². The molecular weight excluding hydrogens is 426 g/mol. The summed E-state index contributed by atoms with van der Waals surface area (Å²) in [5.74, 6) is 0.000943. The molecular formula is C25H30ClN3O3. The smallest absolute Gasteiger partial charge is 0.410 e. The molecule has 3 heterocycles. The number of ether oxygens (including phenoxy) is 1. The molecule has 170 valence electrons. The fourth-order valence-corrected chi connectivity index (χ4v) is 5.88. The van der Waals surface area contributed by atoms with Gasteiger partial charge in [-0.1, -0.05) is 24.6 Å². The molecule has 32 heavy (non-hydrogen) atoms. The Labute approximate surface area is 193 Å². The molecule has 3 aliphatic rings. The van der Waals surface area contributed by atoms with E-state index in [0.29, 0.717) is 25.3 Å². The molecule has 1 aromatic carbocycles. The number of aryl methyl sites for hydroxylation is 1. The van der Waals surface area contributed by atoms with Gasteiger partial charge in [-0.3, -0.25) is 14.7 Å². The van der Waals surface area contributed by atoms with E-state index in [2.05, 4.69) is 0 Å². The average Bonchev–Trinajstić information content (AvgIpc) is 2.81. The fraction of sp³-hybridized carbons (Fsp3) is 0.560. The zero-order valence-electron chi connectivity index (χ0n) is 18.6. The quantitative estimate of drug-likeness (QED) is 0.653. The predicted octanol–water partition coefficient (Wildman–Crippen LogP) is 4.99. The zero-order valence-corrected chi connectivity index (χ0v) is 19.4. The molecule has 0 radical (unpaired) electrons. The first-order valence-electron chi connectivity index (χ1n) is 11.9. The molecule has 0 saturated carbocycles. The molecule has 6 nitrogen and oxygen atoms in total. The van der Waals surface area contributed by atoms with Crippen molar-refractivity contribution in [3.05, 3.63) is 40.0 Å². The summed E-state index contributed by atoms with van der Waals surface area (Å²) in [6.07, 6.45) is 7.67. The predicted molar refractivity (Wildman–Crippen MR) is 124 cm³/mol. The number of carbonyl (C=O) groups excluding carboxylic acids is 2. The molecule has 2 saturated heterocycles. The van der Waals surface area contributed by atoms with Crippen molar-refractivity contribution >= 4 is 34.5 Å². The van der Waals surface area contributed by atoms with Gasteiger partial charge in [0.2, 0.25) is 0 Å². The van der Waals surface area contributed by atoms with Gasteiger partial charge in [0, 0.05) is 29.7 Å². The number of amides is 2. The number of fused-ring (bicyclic) bond motifs is 4. The molecule has 2 aromatic rings. The summed E-state index contributed by atoms with van der Waals surface area (Å²) in [4.78, 5) is 34.7. The van der Waals surface area contributed by atoms with Crippen LogP contribution in [0.1, 0.15) is 67.1 Å². The van der Waals surface area contributed by atoms with E-state index in [1.165, 1.54) is 5.56 Å². The Morgan fingerprint density at radius 2 is 1.88 bits per heavy atom. The van der Waals surface area contributed by atoms with Crippen molar-refractivity contribution in [1.82, 2.24) is 14.8 Å². The molecule has 2 amide bonds. The van der Waals surface area contributed by atoms with Crippen LogP contribution in [0.25, 0.3) is 10.9 Å². The standard InChI is InChI=1S/C25H30ClN3O3/c1-2-12-32-25(31)29-17-6-5-7-18(29)15-28(14-17)24(30)16-10-11-20-22(13-16)27-21-9-4-3-8-19(21)23(20)26/h10-11,13,17-18H,2-9,12,14-15H2,1H3. The van der Waals surface area contributed by atoms with Crippen LogP contribution in [-0.4, -0.2) is 58.6 Å². The highest BCUT2D eigenvalue weighted by Gasteiger charge is 2.42. The van der Waals surface area contributed by atoms with Crippen LogP contribution in [0.4, 0.5) is 4.79 Å². The summed E-state index contributed by atoms with van der Waals surface area (Å²) >= 11 is 6.70. The summed E-state index contributed by atoms with van der Waals surface area (Å²) in [5.41, 5.74) is 3.68. The minimum Gasteiger partial charge on any atom is -0.449 e. The molecule has 2 bridgehead atoms. The Morgan fingerprint density at radius 3 is 2.62 bits per heavy atom. The first-order chi connectivity index (χ1) is 15.6. The van der Waals surface area contributed by atoms with Crippen molar-refractivity contribution < 1.29 is 14.3 Å². The lowest BCUT2D eigenvalue weighted by molar-refractivity contribution is -0.00672. The van der Waals surface area contributed by atoms with Crippen LogP contribution < -0.4 is 0 Å². The summed E-state index contributed by atoms with van der Waals surface area (Å²) in [7, 11) is 0. The van der Waals surface area contributed by atoms with Gasteiger partial charge in [-0.25, -0.2) is 4.79 Å². The van der Waals surface area contributed by atoms with Crippen LogP contribution in [0, 0.1) is 0 Å². The Bertz CT molecular complexity index is 1040. The van der Waals surface area contributed by atoms with Crippen molar-refractivity contribution in [3.63, 3.8) is 0 Å². The zero-order chi connectivity index (χ0) is 22.2. The van der Waals surface area contributed by atoms with Crippen molar-refractivity contribution in [2.75, 3.05) is 19.7 Å². The van der Waals surface area contributed by atoms with E-state index in [0.717, 1.165) is 73.0 Å². The number of hydrogen-bond donors (Lipinski definition) is 0. The third-order valence-electron chi connectivity index (χ3n) is 7.09. The number of aromatic nitrogens is 1. The second kappa shape index (κ2) is 8.89. The van der Waals surface area contributed by atoms with E-state index >= 15 is 0 Å². The van der Waals surface area contributed by atoms with Gasteiger partial charge < -0.3 is 9.64 Å². The van der Waals surface area contributed by atoms with Crippen LogP contribution in [0.5, 0.6) is 0 Å². The highest BCUT2D eigenvalue weighted by atomic mass is 35.5. The fourth-order valence-electron chi connectivity index (χ4n) is 5.52. The normalized spacial score (nSPS) is 22.6. The van der Waals surface area contributed by atoms with Crippen LogP contribution in [0.2, 0.25) is 5.02 Å². The monoisotopic (exact) mass is 455 g/mol. The molecule has 7 heteroatoms. The molecule has 1 aromatic heterocycles. The summed E-state index contributed by atoms with van der Waals surface area (Å²) < 4.78 is 5.41. The molecule has 2 unspecified atom stereocenters. The van der Waals surface area contributed by atoms with Crippen LogP contribution >= 0.6 is 11.6 Å². The van der Waals surface area contributed by atoms with Gasteiger partial charge in [0.25, 0.3) is 5.91 Å². The summed E-state index contributed by atoms with van der Waals surface area (Å²) in [6, 6.07) is 5.74. The lowest BCUT2D eigenvalue weighted by atomic mass is 9.91. The number of pyridine rings is 1. The lowest BCUT2D eigenvalue weighted by Crippen LogP contribution is -2.63. The number of nitrogens with zero attached hydrogens (tertiary/aromatic N) is 3. The number of piperazine rings is 1. The van der Waals surface area contributed by atoms with Gasteiger partial charge in [0.05, 0.1) is 29.2 Å². The van der Waals surface area contributed by atoms with E-state index in [-0.39, 0.29) is 24.1 Å². The maximum absolute atomic E-state index is 13.4. The largest absolute Gasteiger partial charge is 0.449 e. The maximum Gasteiger partial charge on any atom is 0.410 e. The molecule has 2 atom stereocenters. The number of halogens is 1. The van der Waals surface area contributed by atoms with E-state index in [1.54, 1.807) is 0 Å². The second-order valence-electron chi connectivity index (χ2n) is 9.26. The first kappa shape index (κ1) is 21.5. The van der Waals surface area contributed by atoms with Crippen molar-refractivity contribution in [3.8, 4) is 0 Å². The Hall–Kier alpha value is -2.34. The third-order valence-corrected chi connectivity index (χ3v) is 7.52. The van der Waals surface area contributed by atoms with Crippen molar-refractivity contribution in [2.45, 2.75) is 70.4 Å². The molecule has 0 spiro atoms. The molecule has 5 rings (SSSR count). The summed E-state index contributed by atoms with van der Waals surface area (Å²) in [5, 5.41) is 1.71. The SMILES string of the molecule is CCCOC(=O)N1C2CCCC1CN(C(=O)c1ccc3c(Cl)c4c(nc3c1)CCCC4)C2. The van der Waals surface area contributed by atoms with Crippen LogP contribution in [0.15, 0.2) is 18.2 Å². The minimum absolute atomic E-state index is 0.000943. The van der Waals surface area contributed by atoms with Crippen LogP contribution in [-0.2, 0) is 17.6 Å². The highest BCUT2D eigenvalue weighted by Crippen LogP contribution is 2.34. The molecule has 0 N–H and O–H groups in total. The van der Waals surface area contributed by atoms with Crippen molar-refractivity contribution in [2.24, 2.45) is 0 Å². The van der Waals surface area contributed by atoms with Gasteiger partial charge in [0.15, 0.2) is 0 Å². The van der Waals surface area contributed by atoms with Gasteiger partial charge in [-0.2, -0.15) is 0 Å². The van der Waals surface area contributed by atoms with Gasteiger partial charge in [-0.05, 0) is 69.1 Å². The number of hydrogen-bond acceptors (Lipinski definition) is 4. The Morgan fingerprint density at radius 1 is 1.12 bits per heavy atom. The van der Waals surface area contributed by atoms with E-state index in [4.69, 9.17) is 21.3 Å². The topological polar surface area (TPSA) is 62.7 Å². The van der Waals surface area contributed by atoms with E-state index in [9.17, 15) is 9.59 Å². The van der Waals surface area contributed by atoms with Gasteiger partial charge in [-0.15, -0.1) is 0 Å². The Kier molecular flexibility index (Phi) is 5.97. The number of carbonyl (C=O) groups is 2. The number of piperidine rings is 1. The third kappa shape index (κ3) is 3.83. The maximum atomic E-state index is 13.4. The van der Waals surface area contributed by atoms with Gasteiger partial charge >= 0.3 is 6.09 Å². The number of benzene rings is 1. The number of rotatable bonds is 3. The van der Waals surface area contributed by atoms with Crippen LogP contribution in [0.3, 0.4) is 0 Å². The number of likely N-dealkylation sites (tertiary alicyclic amines) is 1. The van der Waals surface area contributed by atoms with Gasteiger partial charge in [0.1, 0.15) is 0 Å². The second-order valence-corrected chi connectivity index (χ2v) is 9.64. The Balaban J connectivity index is 1.38. The lowest BCUT2D eigenvalue weighted by Gasteiger charge is -2.49. The molecule has 2 aliphatic heterocycles. The minimum atomic E-state index is -0.233.